The van der Waals surface area contributed by atoms with Crippen LogP contribution in [-0.2, 0) is 20.7 Å². The number of unbranched alkanes of at least 4 members (excludes halogenated alkanes) is 2. The van der Waals surface area contributed by atoms with Crippen LogP contribution in [0.4, 0.5) is 0 Å². The van der Waals surface area contributed by atoms with Crippen molar-refractivity contribution >= 4 is 17.4 Å². The van der Waals surface area contributed by atoms with Crippen molar-refractivity contribution in [2.45, 2.75) is 58.1 Å². The Kier molecular flexibility index (Phi) is 9.07. The van der Waals surface area contributed by atoms with E-state index in [4.69, 9.17) is 14.2 Å². The Bertz CT molecular complexity index is 1230. The minimum Gasteiger partial charge on any atom is -0.507 e. The molecule has 1 amide bonds. The fourth-order valence-corrected chi connectivity index (χ4v) is 5.76. The molecule has 3 aliphatic rings. The molecule has 0 radical (unpaired) electrons. The molecule has 2 unspecified atom stereocenters. The molecule has 0 aromatic heterocycles. The molecule has 0 saturated carbocycles. The highest BCUT2D eigenvalue weighted by atomic mass is 16.5. The van der Waals surface area contributed by atoms with Gasteiger partial charge in [-0.3, -0.25) is 14.5 Å². The second-order valence-electron chi connectivity index (χ2n) is 10.9. The third-order valence-corrected chi connectivity index (χ3v) is 7.90. The van der Waals surface area contributed by atoms with Crippen LogP contribution in [0.25, 0.3) is 5.76 Å². The number of hydrogen-bond acceptors (Lipinski definition) is 7. The highest BCUT2D eigenvalue weighted by molar-refractivity contribution is 6.46. The summed E-state index contributed by atoms with van der Waals surface area (Å²) in [7, 11) is 0. The number of likely N-dealkylation sites (tertiary alicyclic amines) is 1. The van der Waals surface area contributed by atoms with E-state index in [-0.39, 0.29) is 17.4 Å². The Labute approximate surface area is 236 Å². The molecule has 0 bridgehead atoms. The van der Waals surface area contributed by atoms with E-state index in [1.165, 1.54) is 0 Å². The molecule has 1 N–H and O–H groups in total. The lowest BCUT2D eigenvalue weighted by Crippen LogP contribution is -2.38. The third kappa shape index (κ3) is 6.18. The fraction of sp³-hybridized carbons (Fsp3) is 0.500. The summed E-state index contributed by atoms with van der Waals surface area (Å²) in [6, 6.07) is 12.3. The number of aliphatic hydroxyl groups is 1. The molecule has 2 fully saturated rings. The monoisotopic (exact) mass is 548 g/mol. The normalized spacial score (nSPS) is 22.4. The van der Waals surface area contributed by atoms with E-state index in [0.29, 0.717) is 31.9 Å². The molecule has 3 aliphatic heterocycles. The third-order valence-electron chi connectivity index (χ3n) is 7.90. The molecule has 8 heteroatoms. The first kappa shape index (κ1) is 28.2. The van der Waals surface area contributed by atoms with E-state index in [2.05, 4.69) is 11.8 Å². The lowest BCUT2D eigenvalue weighted by molar-refractivity contribution is -0.140. The number of aliphatic hydroxyl groups excluding tert-OH is 1. The van der Waals surface area contributed by atoms with Gasteiger partial charge in [0.1, 0.15) is 23.4 Å². The number of benzene rings is 2. The van der Waals surface area contributed by atoms with Gasteiger partial charge in [-0.05, 0) is 61.2 Å². The van der Waals surface area contributed by atoms with Gasteiger partial charge in [-0.2, -0.15) is 0 Å². The molecule has 5 rings (SSSR count). The molecule has 2 atom stereocenters. The lowest BCUT2D eigenvalue weighted by Gasteiger charge is -2.29. The van der Waals surface area contributed by atoms with E-state index in [9.17, 15) is 14.7 Å². The van der Waals surface area contributed by atoms with Crippen LogP contribution in [0.1, 0.15) is 62.3 Å². The second kappa shape index (κ2) is 12.9. The molecule has 2 saturated heterocycles. The maximum atomic E-state index is 13.4. The molecule has 40 heavy (non-hydrogen) atoms. The quantitative estimate of drug-likeness (QED) is 0.188. The number of fused-ring (bicyclic) bond motifs is 1. The van der Waals surface area contributed by atoms with E-state index in [0.717, 1.165) is 74.4 Å². The van der Waals surface area contributed by atoms with Gasteiger partial charge in [-0.15, -0.1) is 0 Å². The van der Waals surface area contributed by atoms with Crippen molar-refractivity contribution in [1.82, 2.24) is 9.80 Å². The maximum absolute atomic E-state index is 13.4. The molecule has 2 aromatic carbocycles. The minimum absolute atomic E-state index is 0.0622. The second-order valence-corrected chi connectivity index (χ2v) is 10.9. The van der Waals surface area contributed by atoms with E-state index < -0.39 is 17.7 Å². The first-order chi connectivity index (χ1) is 19.5. The van der Waals surface area contributed by atoms with Crippen molar-refractivity contribution < 1.29 is 28.9 Å². The first-order valence-electron chi connectivity index (χ1n) is 14.6. The Morgan fingerprint density at radius 1 is 1.02 bits per heavy atom. The van der Waals surface area contributed by atoms with Crippen molar-refractivity contribution in [1.29, 1.82) is 0 Å². The highest BCUT2D eigenvalue weighted by Crippen LogP contribution is 2.41. The molecule has 2 aromatic rings. The summed E-state index contributed by atoms with van der Waals surface area (Å²) in [5.74, 6) is 0.155. The molecule has 3 heterocycles. The summed E-state index contributed by atoms with van der Waals surface area (Å²) >= 11 is 0. The van der Waals surface area contributed by atoms with Gasteiger partial charge in [-0.25, -0.2) is 0 Å². The van der Waals surface area contributed by atoms with Crippen LogP contribution in [0, 0.1) is 0 Å². The van der Waals surface area contributed by atoms with Gasteiger partial charge >= 0.3 is 0 Å². The number of carbonyl (C=O) groups excluding carboxylic acids is 2. The van der Waals surface area contributed by atoms with Gasteiger partial charge in [0.05, 0.1) is 31.4 Å². The van der Waals surface area contributed by atoms with E-state index in [1.807, 2.05) is 43.3 Å². The fourth-order valence-electron chi connectivity index (χ4n) is 5.76. The van der Waals surface area contributed by atoms with Gasteiger partial charge in [0, 0.05) is 38.2 Å². The van der Waals surface area contributed by atoms with Crippen molar-refractivity contribution in [3.8, 4) is 11.5 Å². The van der Waals surface area contributed by atoms with Crippen molar-refractivity contribution in [3.05, 3.63) is 64.7 Å². The highest BCUT2D eigenvalue weighted by Gasteiger charge is 2.46. The number of ether oxygens (including phenoxy) is 3. The summed E-state index contributed by atoms with van der Waals surface area (Å²) in [5, 5.41) is 11.5. The standard InChI is InChI=1S/C32H40N2O6/c1-3-4-5-17-39-26-10-7-23(8-11-26)29-28(30(35)24-9-12-27-25(21-24)20-22(2)40-27)31(36)32(37)34(29)14-6-13-33-15-18-38-19-16-33/h7-12,21-22,29,35H,3-6,13-20H2,1-2H3. The minimum atomic E-state index is -0.678. The van der Waals surface area contributed by atoms with Crippen LogP contribution in [0.3, 0.4) is 0 Å². The summed E-state index contributed by atoms with van der Waals surface area (Å²) in [6.07, 6.45) is 4.75. The maximum Gasteiger partial charge on any atom is 0.295 e. The van der Waals surface area contributed by atoms with Gasteiger partial charge in [-0.1, -0.05) is 31.9 Å². The van der Waals surface area contributed by atoms with Crippen molar-refractivity contribution in [2.75, 3.05) is 46.0 Å². The number of hydrogen-bond donors (Lipinski definition) is 1. The van der Waals surface area contributed by atoms with Gasteiger partial charge in [0.25, 0.3) is 11.7 Å². The van der Waals surface area contributed by atoms with Crippen LogP contribution >= 0.6 is 0 Å². The molecule has 214 valence electrons. The van der Waals surface area contributed by atoms with Crippen molar-refractivity contribution in [3.63, 3.8) is 0 Å². The number of nitrogens with zero attached hydrogens (tertiary/aromatic N) is 2. The Morgan fingerprint density at radius 3 is 2.55 bits per heavy atom. The average Bonchev–Trinajstić information content (AvgIpc) is 3.47. The molecule has 0 aliphatic carbocycles. The van der Waals surface area contributed by atoms with Crippen LogP contribution in [-0.4, -0.2) is 78.7 Å². The summed E-state index contributed by atoms with van der Waals surface area (Å²) in [5.41, 5.74) is 2.40. The Hall–Kier alpha value is -3.36. The SMILES string of the molecule is CCCCCOc1ccc(C2C(=C(O)c3ccc4c(c3)CC(C)O4)C(=O)C(=O)N2CCCN2CCOCC2)cc1. The van der Waals surface area contributed by atoms with Crippen molar-refractivity contribution in [2.24, 2.45) is 0 Å². The Balaban J connectivity index is 1.43. The van der Waals surface area contributed by atoms with Crippen LogP contribution in [0.15, 0.2) is 48.0 Å². The predicted octanol–water partition coefficient (Wildman–Crippen LogP) is 4.72. The van der Waals surface area contributed by atoms with Crippen LogP contribution in [0.2, 0.25) is 0 Å². The summed E-state index contributed by atoms with van der Waals surface area (Å²) in [4.78, 5) is 30.7. The number of Topliss-reactive ketones (excluding diaryl/α,β-unsaturated/α-hetero) is 1. The largest absolute Gasteiger partial charge is 0.507 e. The zero-order chi connectivity index (χ0) is 28.1. The van der Waals surface area contributed by atoms with Gasteiger partial charge in [0.2, 0.25) is 0 Å². The number of morpholine rings is 1. The number of amides is 1. The zero-order valence-corrected chi connectivity index (χ0v) is 23.6. The lowest BCUT2D eigenvalue weighted by atomic mass is 9.94. The molecular weight excluding hydrogens is 508 g/mol. The zero-order valence-electron chi connectivity index (χ0n) is 23.6. The predicted molar refractivity (Wildman–Crippen MR) is 153 cm³/mol. The Morgan fingerprint density at radius 2 is 1.80 bits per heavy atom. The molecule has 8 nitrogen and oxygen atoms in total. The number of ketones is 1. The average molecular weight is 549 g/mol. The topological polar surface area (TPSA) is 88.5 Å². The summed E-state index contributed by atoms with van der Waals surface area (Å²) in [6.45, 7) is 9.17. The molecular formula is C32H40N2O6. The molecule has 0 spiro atoms. The van der Waals surface area contributed by atoms with Crippen LogP contribution < -0.4 is 9.47 Å². The van der Waals surface area contributed by atoms with Gasteiger partial charge in [0.15, 0.2) is 0 Å². The van der Waals surface area contributed by atoms with E-state index >= 15 is 0 Å². The van der Waals surface area contributed by atoms with Gasteiger partial charge < -0.3 is 24.2 Å². The van der Waals surface area contributed by atoms with Crippen LogP contribution in [0.5, 0.6) is 11.5 Å². The summed E-state index contributed by atoms with van der Waals surface area (Å²) < 4.78 is 17.1. The number of rotatable bonds is 11. The first-order valence-corrected chi connectivity index (χ1v) is 14.6. The van der Waals surface area contributed by atoms with E-state index in [1.54, 1.807) is 11.0 Å². The smallest absolute Gasteiger partial charge is 0.295 e. The number of carbonyl (C=O) groups is 2.